The Labute approximate surface area is 200 Å². The maximum atomic E-state index is 14.0. The van der Waals surface area contributed by atoms with Crippen LogP contribution in [0.25, 0.3) is 0 Å². The van der Waals surface area contributed by atoms with Gasteiger partial charge in [0.1, 0.15) is 4.75 Å². The van der Waals surface area contributed by atoms with E-state index < -0.39 is 44.7 Å². The van der Waals surface area contributed by atoms with Crippen LogP contribution in [-0.4, -0.2) is 27.4 Å². The fraction of sp³-hybridized carbons (Fsp3) is 0.440. The molecule has 0 spiro atoms. The summed E-state index contributed by atoms with van der Waals surface area (Å²) in [6.45, 7) is 4.73. The van der Waals surface area contributed by atoms with Crippen LogP contribution in [-0.2, 0) is 24.9 Å². The molecule has 0 aromatic heterocycles. The van der Waals surface area contributed by atoms with Gasteiger partial charge in [-0.1, -0.05) is 68.0 Å². The number of allylic oxidation sites excluding steroid dienone is 1. The third-order valence-electron chi connectivity index (χ3n) is 6.42. The van der Waals surface area contributed by atoms with Crippen molar-refractivity contribution in [3.63, 3.8) is 0 Å². The van der Waals surface area contributed by atoms with E-state index in [1.807, 2.05) is 0 Å². The van der Waals surface area contributed by atoms with E-state index in [0.717, 1.165) is 12.1 Å². The highest BCUT2D eigenvalue weighted by atomic mass is 32.2. The van der Waals surface area contributed by atoms with Crippen molar-refractivity contribution in [1.29, 1.82) is 0 Å². The zero-order valence-corrected chi connectivity index (χ0v) is 19.9. The molecule has 1 aliphatic carbocycles. The van der Waals surface area contributed by atoms with Crippen molar-refractivity contribution in [2.24, 2.45) is 0 Å². The Morgan fingerprint density at radius 3 is 1.97 bits per heavy atom. The van der Waals surface area contributed by atoms with Crippen LogP contribution in [0.5, 0.6) is 0 Å². The van der Waals surface area contributed by atoms with Gasteiger partial charge in [-0.15, -0.1) is 0 Å². The number of alkyl halides is 6. The van der Waals surface area contributed by atoms with Crippen molar-refractivity contribution >= 4 is 9.84 Å². The summed E-state index contributed by atoms with van der Waals surface area (Å²) < 4.78 is 114. The van der Waals surface area contributed by atoms with Crippen LogP contribution in [0.1, 0.15) is 50.2 Å². The van der Waals surface area contributed by atoms with Crippen molar-refractivity contribution in [3.05, 3.63) is 77.9 Å². The predicted molar refractivity (Wildman–Crippen MR) is 119 cm³/mol. The van der Waals surface area contributed by atoms with E-state index in [-0.39, 0.29) is 29.7 Å². The smallest absolute Gasteiger partial charge is 0.354 e. The zero-order chi connectivity index (χ0) is 26.1. The summed E-state index contributed by atoms with van der Waals surface area (Å²) >= 11 is 0. The Morgan fingerprint density at radius 2 is 1.51 bits per heavy atom. The molecule has 0 aliphatic heterocycles. The number of ether oxygens (including phenoxy) is 1. The Balaban J connectivity index is 2.16. The molecule has 1 atom stereocenters. The van der Waals surface area contributed by atoms with Gasteiger partial charge in [-0.05, 0) is 43.4 Å². The lowest BCUT2D eigenvalue weighted by molar-refractivity contribution is -0.389. The fourth-order valence-corrected chi connectivity index (χ4v) is 6.71. The number of sulfone groups is 1. The minimum absolute atomic E-state index is 0.00648. The molecule has 3 rings (SSSR count). The summed E-state index contributed by atoms with van der Waals surface area (Å²) in [7, 11) is -4.05. The van der Waals surface area contributed by atoms with Gasteiger partial charge in [0, 0.05) is 12.2 Å². The molecule has 0 N–H and O–H groups in total. The molecule has 192 valence electrons. The van der Waals surface area contributed by atoms with Crippen molar-refractivity contribution < 1.29 is 39.5 Å². The summed E-state index contributed by atoms with van der Waals surface area (Å²) in [6.07, 6.45) is -10.8. The van der Waals surface area contributed by atoms with Crippen molar-refractivity contribution in [2.45, 2.75) is 66.6 Å². The maximum absolute atomic E-state index is 14.0. The van der Waals surface area contributed by atoms with Crippen molar-refractivity contribution in [2.75, 3.05) is 6.61 Å². The highest BCUT2D eigenvalue weighted by Crippen LogP contribution is 2.54. The monoisotopic (exact) mass is 520 g/mol. The Hall–Kier alpha value is -2.33. The molecule has 0 bridgehead atoms. The first-order chi connectivity index (χ1) is 16.2. The average molecular weight is 521 g/mol. The number of hydrogen-bond acceptors (Lipinski definition) is 3. The summed E-state index contributed by atoms with van der Waals surface area (Å²) in [5, 5.41) is 0. The first-order valence-electron chi connectivity index (χ1n) is 11.1. The second-order valence-electron chi connectivity index (χ2n) is 8.69. The van der Waals surface area contributed by atoms with E-state index >= 15 is 0 Å². The molecule has 0 saturated heterocycles. The Kier molecular flexibility index (Phi) is 7.49. The molecule has 1 unspecified atom stereocenters. The number of benzene rings is 2. The molecule has 0 heterocycles. The second-order valence-corrected chi connectivity index (χ2v) is 11.0. The molecule has 2 aromatic rings. The molecule has 0 radical (unpaired) electrons. The number of unbranched alkanes of at least 4 members (excludes halogenated alkanes) is 1. The first-order valence-corrected chi connectivity index (χ1v) is 12.6. The fourth-order valence-electron chi connectivity index (χ4n) is 4.53. The number of halogens is 6. The van der Waals surface area contributed by atoms with Gasteiger partial charge in [0.25, 0.3) is 5.60 Å². The molecule has 2 aromatic carbocycles. The normalized spacial score (nSPS) is 19.8. The van der Waals surface area contributed by atoms with Crippen LogP contribution in [0.3, 0.4) is 0 Å². The van der Waals surface area contributed by atoms with Gasteiger partial charge in [-0.2, -0.15) is 26.3 Å². The van der Waals surface area contributed by atoms with E-state index in [4.69, 9.17) is 0 Å². The highest BCUT2D eigenvalue weighted by molar-refractivity contribution is 7.92. The van der Waals surface area contributed by atoms with Crippen LogP contribution >= 0.6 is 0 Å². The topological polar surface area (TPSA) is 43.4 Å². The summed E-state index contributed by atoms with van der Waals surface area (Å²) in [5.41, 5.74) is -4.94. The van der Waals surface area contributed by atoms with E-state index in [9.17, 15) is 34.8 Å². The van der Waals surface area contributed by atoms with Crippen molar-refractivity contribution in [3.8, 4) is 0 Å². The van der Waals surface area contributed by atoms with Crippen LogP contribution in [0.2, 0.25) is 0 Å². The predicted octanol–water partition coefficient (Wildman–Crippen LogP) is 7.23. The van der Waals surface area contributed by atoms with Gasteiger partial charge in [0.2, 0.25) is 0 Å². The van der Waals surface area contributed by atoms with Crippen molar-refractivity contribution in [1.82, 2.24) is 0 Å². The third kappa shape index (κ3) is 4.62. The lowest BCUT2D eigenvalue weighted by Gasteiger charge is -2.38. The average Bonchev–Trinajstić information content (AvgIpc) is 3.19. The summed E-state index contributed by atoms with van der Waals surface area (Å²) in [5.74, 6) is 0. The largest absolute Gasteiger partial charge is 0.430 e. The summed E-state index contributed by atoms with van der Waals surface area (Å²) in [6, 6.07) is 11.0. The van der Waals surface area contributed by atoms with Gasteiger partial charge in [0.05, 0.1) is 4.90 Å². The van der Waals surface area contributed by atoms with E-state index in [2.05, 4.69) is 11.3 Å². The Morgan fingerprint density at radius 1 is 0.943 bits per heavy atom. The minimum Gasteiger partial charge on any atom is -0.354 e. The molecule has 35 heavy (non-hydrogen) atoms. The van der Waals surface area contributed by atoms with Gasteiger partial charge in [0.15, 0.2) is 9.84 Å². The SMILES string of the molecule is C=C1CCC(c2ccc(C(OCCCC)(C(F)(F)F)C(F)(F)F)cc2)(S(=O)(=O)c2ccccc2)C1. The molecular weight excluding hydrogens is 494 g/mol. The second kappa shape index (κ2) is 9.61. The molecule has 10 heteroatoms. The first kappa shape index (κ1) is 27.3. The van der Waals surface area contributed by atoms with E-state index in [1.54, 1.807) is 25.1 Å². The van der Waals surface area contributed by atoms with Gasteiger partial charge in [-0.25, -0.2) is 8.42 Å². The lowest BCUT2D eigenvalue weighted by atomic mass is 9.88. The summed E-state index contributed by atoms with van der Waals surface area (Å²) in [4.78, 5) is 0.0154. The van der Waals surface area contributed by atoms with Gasteiger partial charge >= 0.3 is 12.4 Å². The van der Waals surface area contributed by atoms with Crippen LogP contribution in [0, 0.1) is 0 Å². The quantitative estimate of drug-likeness (QED) is 0.210. The minimum atomic E-state index is -5.80. The van der Waals surface area contributed by atoms with E-state index in [0.29, 0.717) is 30.5 Å². The molecular formula is C25H26F6O3S. The molecule has 3 nitrogen and oxygen atoms in total. The van der Waals surface area contributed by atoms with E-state index in [1.165, 1.54) is 12.1 Å². The van der Waals surface area contributed by atoms with Gasteiger partial charge in [-0.3, -0.25) is 0 Å². The highest BCUT2D eigenvalue weighted by Gasteiger charge is 2.73. The zero-order valence-electron chi connectivity index (χ0n) is 19.0. The number of hydrogen-bond donors (Lipinski definition) is 0. The molecule has 0 amide bonds. The molecule has 1 saturated carbocycles. The van der Waals surface area contributed by atoms with Crippen LogP contribution < -0.4 is 0 Å². The third-order valence-corrected chi connectivity index (χ3v) is 8.92. The van der Waals surface area contributed by atoms with Crippen LogP contribution in [0.4, 0.5) is 26.3 Å². The van der Waals surface area contributed by atoms with Gasteiger partial charge < -0.3 is 4.74 Å². The number of rotatable bonds is 8. The molecule has 1 aliphatic rings. The maximum Gasteiger partial charge on any atom is 0.430 e. The molecule has 1 fully saturated rings. The lowest BCUT2D eigenvalue weighted by Crippen LogP contribution is -2.56. The standard InChI is InChI=1S/C25H26F6O3S/c1-3-4-16-34-23(24(26,27)28,25(29,30)31)20-12-10-19(11-13-20)22(15-14-18(2)17-22)35(32,33)21-8-6-5-7-9-21/h5-13H,2-4,14-17H2,1H3. The Bertz CT molecular complexity index is 1120. The van der Waals surface area contributed by atoms with Crippen LogP contribution in [0.15, 0.2) is 71.6 Å².